The average Bonchev–Trinajstić information content (AvgIpc) is 3.13. The summed E-state index contributed by atoms with van der Waals surface area (Å²) >= 11 is 0. The summed E-state index contributed by atoms with van der Waals surface area (Å²) in [7, 11) is 1.81. The van der Waals surface area contributed by atoms with Crippen molar-refractivity contribution in [2.45, 2.75) is 19.3 Å². The lowest BCUT2D eigenvalue weighted by Crippen LogP contribution is -2.38. The van der Waals surface area contributed by atoms with E-state index >= 15 is 0 Å². The average molecular weight is 364 g/mol. The van der Waals surface area contributed by atoms with Crippen LogP contribution >= 0.6 is 0 Å². The third-order valence-corrected chi connectivity index (χ3v) is 4.46. The number of guanidine groups is 1. The molecule has 0 radical (unpaired) electrons. The van der Waals surface area contributed by atoms with Gasteiger partial charge in [-0.25, -0.2) is 0 Å². The second kappa shape index (κ2) is 10.3. The first kappa shape index (κ1) is 18.8. The summed E-state index contributed by atoms with van der Waals surface area (Å²) in [4.78, 5) is 7.61. The monoisotopic (exact) mass is 364 g/mol. The third-order valence-electron chi connectivity index (χ3n) is 4.46. The van der Waals surface area contributed by atoms with Gasteiger partial charge in [-0.1, -0.05) is 36.4 Å². The van der Waals surface area contributed by atoms with Crippen LogP contribution in [0, 0.1) is 0 Å². The highest BCUT2D eigenvalue weighted by molar-refractivity contribution is 5.83. The van der Waals surface area contributed by atoms with Crippen molar-refractivity contribution in [3.63, 3.8) is 0 Å². The van der Waals surface area contributed by atoms with Crippen molar-refractivity contribution in [1.82, 2.24) is 15.6 Å². The third kappa shape index (κ3) is 5.78. The number of aliphatic imine (C=N–C) groups is 1. The zero-order valence-electron chi connectivity index (χ0n) is 15.9. The van der Waals surface area contributed by atoms with E-state index in [1.54, 1.807) is 7.05 Å². The van der Waals surface area contributed by atoms with Crippen molar-refractivity contribution < 1.29 is 4.74 Å². The number of unbranched alkanes of at least 4 members (excludes halogenated alkanes) is 1. The van der Waals surface area contributed by atoms with Gasteiger partial charge < -0.3 is 20.4 Å². The lowest BCUT2D eigenvalue weighted by molar-refractivity contribution is 0.307. The van der Waals surface area contributed by atoms with E-state index in [4.69, 9.17) is 4.74 Å². The second-order valence-corrected chi connectivity index (χ2v) is 6.40. The normalized spacial score (nSPS) is 11.5. The van der Waals surface area contributed by atoms with Crippen molar-refractivity contribution in [3.8, 4) is 5.75 Å². The Morgan fingerprint density at radius 3 is 2.59 bits per heavy atom. The van der Waals surface area contributed by atoms with Gasteiger partial charge in [-0.3, -0.25) is 4.99 Å². The Kier molecular flexibility index (Phi) is 7.16. The Balaban J connectivity index is 1.30. The number of aromatic amines is 1. The first-order chi connectivity index (χ1) is 13.4. The molecule has 3 N–H and O–H groups in total. The second-order valence-electron chi connectivity index (χ2n) is 6.40. The lowest BCUT2D eigenvalue weighted by atomic mass is 10.1. The summed E-state index contributed by atoms with van der Waals surface area (Å²) in [6.07, 6.45) is 5.09. The number of hydrogen-bond donors (Lipinski definition) is 3. The Labute approximate surface area is 160 Å². The number of para-hydroxylation sites is 2. The molecule has 27 heavy (non-hydrogen) atoms. The van der Waals surface area contributed by atoms with Crippen LogP contribution in [0.15, 0.2) is 65.8 Å². The predicted octanol–water partition coefficient (Wildman–Crippen LogP) is 3.73. The number of aromatic nitrogens is 1. The van der Waals surface area contributed by atoms with Gasteiger partial charge in [-0.05, 0) is 43.0 Å². The van der Waals surface area contributed by atoms with Crippen LogP contribution < -0.4 is 15.4 Å². The quantitative estimate of drug-likeness (QED) is 0.308. The molecule has 0 unspecified atom stereocenters. The van der Waals surface area contributed by atoms with Gasteiger partial charge in [0, 0.05) is 37.2 Å². The van der Waals surface area contributed by atoms with E-state index in [0.717, 1.165) is 50.7 Å². The molecule has 0 amide bonds. The predicted molar refractivity (Wildman–Crippen MR) is 113 cm³/mol. The fourth-order valence-electron chi connectivity index (χ4n) is 3.02. The molecule has 0 saturated heterocycles. The highest BCUT2D eigenvalue weighted by Crippen LogP contribution is 2.17. The van der Waals surface area contributed by atoms with Crippen molar-refractivity contribution in [1.29, 1.82) is 0 Å². The smallest absolute Gasteiger partial charge is 0.190 e. The minimum Gasteiger partial charge on any atom is -0.494 e. The van der Waals surface area contributed by atoms with Gasteiger partial charge in [0.2, 0.25) is 0 Å². The summed E-state index contributed by atoms with van der Waals surface area (Å²) in [6.45, 7) is 2.46. The minimum absolute atomic E-state index is 0.734. The fraction of sp³-hybridized carbons (Fsp3) is 0.318. The van der Waals surface area contributed by atoms with Crippen molar-refractivity contribution in [2.75, 3.05) is 26.7 Å². The Morgan fingerprint density at radius 2 is 1.74 bits per heavy atom. The molecule has 5 nitrogen and oxygen atoms in total. The Morgan fingerprint density at radius 1 is 0.963 bits per heavy atom. The number of H-pyrrole nitrogens is 1. The fourth-order valence-corrected chi connectivity index (χ4v) is 3.02. The van der Waals surface area contributed by atoms with Crippen LogP contribution in [0.5, 0.6) is 5.75 Å². The number of rotatable bonds is 9. The van der Waals surface area contributed by atoms with E-state index in [9.17, 15) is 0 Å². The van der Waals surface area contributed by atoms with E-state index in [0.29, 0.717) is 0 Å². The summed E-state index contributed by atoms with van der Waals surface area (Å²) in [5.74, 6) is 1.78. The van der Waals surface area contributed by atoms with Crippen molar-refractivity contribution in [2.24, 2.45) is 4.99 Å². The molecule has 0 bridgehead atoms. The number of ether oxygens (including phenoxy) is 1. The van der Waals surface area contributed by atoms with E-state index < -0.39 is 0 Å². The van der Waals surface area contributed by atoms with E-state index in [1.807, 2.05) is 30.3 Å². The van der Waals surface area contributed by atoms with Crippen LogP contribution in [0.1, 0.15) is 18.4 Å². The van der Waals surface area contributed by atoms with Crippen LogP contribution in [0.3, 0.4) is 0 Å². The number of fused-ring (bicyclic) bond motifs is 1. The van der Waals surface area contributed by atoms with Gasteiger partial charge in [-0.2, -0.15) is 0 Å². The van der Waals surface area contributed by atoms with Gasteiger partial charge in [0.25, 0.3) is 0 Å². The van der Waals surface area contributed by atoms with E-state index in [1.165, 1.54) is 16.5 Å². The molecule has 0 aliphatic carbocycles. The van der Waals surface area contributed by atoms with Gasteiger partial charge >= 0.3 is 0 Å². The molecule has 3 aromatic rings. The molecular weight excluding hydrogens is 336 g/mol. The standard InChI is InChI=1S/C22H28N4O/c1-23-22(24-14-7-8-16-27-19-9-3-2-4-10-19)25-15-13-18-17-26-21-12-6-5-11-20(18)21/h2-6,9-12,17,26H,7-8,13-16H2,1H3,(H2,23,24,25). The minimum atomic E-state index is 0.734. The molecule has 5 heteroatoms. The number of nitrogens with one attached hydrogen (secondary N) is 3. The summed E-state index contributed by atoms with van der Waals surface area (Å²) in [5, 5.41) is 8.04. The van der Waals surface area contributed by atoms with Crippen LogP contribution in [0.25, 0.3) is 10.9 Å². The molecule has 2 aromatic carbocycles. The van der Waals surface area contributed by atoms with E-state index in [-0.39, 0.29) is 0 Å². The zero-order valence-corrected chi connectivity index (χ0v) is 15.9. The first-order valence-corrected chi connectivity index (χ1v) is 9.54. The first-order valence-electron chi connectivity index (χ1n) is 9.54. The van der Waals surface area contributed by atoms with Gasteiger partial charge in [0.05, 0.1) is 6.61 Å². The molecule has 0 saturated carbocycles. The number of nitrogens with zero attached hydrogens (tertiary/aromatic N) is 1. The highest BCUT2D eigenvalue weighted by Gasteiger charge is 2.03. The van der Waals surface area contributed by atoms with Gasteiger partial charge in [0.1, 0.15) is 5.75 Å². The lowest BCUT2D eigenvalue weighted by Gasteiger charge is -2.12. The molecule has 1 aromatic heterocycles. The number of hydrogen-bond acceptors (Lipinski definition) is 2. The molecule has 0 spiro atoms. The summed E-state index contributed by atoms with van der Waals surface area (Å²) < 4.78 is 5.70. The summed E-state index contributed by atoms with van der Waals surface area (Å²) in [6, 6.07) is 18.3. The molecule has 142 valence electrons. The number of benzene rings is 2. The topological polar surface area (TPSA) is 61.4 Å². The zero-order chi connectivity index (χ0) is 18.7. The van der Waals surface area contributed by atoms with E-state index in [2.05, 4.69) is 51.1 Å². The maximum Gasteiger partial charge on any atom is 0.190 e. The Hall–Kier alpha value is -2.95. The van der Waals surface area contributed by atoms with Gasteiger partial charge in [-0.15, -0.1) is 0 Å². The maximum absolute atomic E-state index is 5.70. The summed E-state index contributed by atoms with van der Waals surface area (Å²) in [5.41, 5.74) is 2.51. The molecule has 0 atom stereocenters. The maximum atomic E-state index is 5.70. The molecule has 0 aliphatic rings. The molecule has 1 heterocycles. The van der Waals surface area contributed by atoms with Gasteiger partial charge in [0.15, 0.2) is 5.96 Å². The van der Waals surface area contributed by atoms with Crippen LogP contribution in [0.4, 0.5) is 0 Å². The van der Waals surface area contributed by atoms with Crippen LogP contribution in [0.2, 0.25) is 0 Å². The largest absolute Gasteiger partial charge is 0.494 e. The SMILES string of the molecule is CN=C(NCCCCOc1ccccc1)NCCc1c[nH]c2ccccc12. The highest BCUT2D eigenvalue weighted by atomic mass is 16.5. The van der Waals surface area contributed by atoms with Crippen molar-refractivity contribution in [3.05, 3.63) is 66.4 Å². The van der Waals surface area contributed by atoms with Crippen molar-refractivity contribution >= 4 is 16.9 Å². The molecule has 0 aliphatic heterocycles. The van der Waals surface area contributed by atoms with Crippen LogP contribution in [-0.4, -0.2) is 37.7 Å². The van der Waals surface area contributed by atoms with Crippen LogP contribution in [-0.2, 0) is 6.42 Å². The molecular formula is C22H28N4O. The molecule has 0 fully saturated rings. The Bertz CT molecular complexity index is 842. The molecule has 3 rings (SSSR count).